The van der Waals surface area contributed by atoms with Crippen molar-refractivity contribution in [2.75, 3.05) is 0 Å². The molecule has 2 nitrogen and oxygen atoms in total. The summed E-state index contributed by atoms with van der Waals surface area (Å²) in [6.45, 7) is 0. The third-order valence-corrected chi connectivity index (χ3v) is 4.73. The fourth-order valence-electron chi connectivity index (χ4n) is 3.34. The molecule has 2 heterocycles. The van der Waals surface area contributed by atoms with Crippen molar-refractivity contribution in [3.05, 3.63) is 0 Å². The first-order valence-electron chi connectivity index (χ1n) is 5.29. The molecule has 4 aliphatic rings. The first kappa shape index (κ1) is 8.16. The van der Waals surface area contributed by atoms with Gasteiger partial charge in [0, 0.05) is 5.25 Å². The first-order chi connectivity index (χ1) is 6.29. The normalized spacial score (nSPS) is 48.5. The maximum atomic E-state index is 5.87. The Hall–Kier alpha value is -0.180. The van der Waals surface area contributed by atoms with Gasteiger partial charge in [-0.3, -0.25) is 4.99 Å². The van der Waals surface area contributed by atoms with E-state index in [1.54, 1.807) is 0 Å². The first-order valence-corrected chi connectivity index (χ1v) is 6.17. The van der Waals surface area contributed by atoms with Crippen LogP contribution in [-0.4, -0.2) is 16.5 Å². The molecule has 4 bridgehead atoms. The zero-order valence-corrected chi connectivity index (χ0v) is 8.59. The van der Waals surface area contributed by atoms with Crippen LogP contribution >= 0.6 is 11.8 Å². The summed E-state index contributed by atoms with van der Waals surface area (Å²) in [6, 6.07) is 0.567. The molecule has 0 aromatic rings. The minimum Gasteiger partial charge on any atom is -0.379 e. The van der Waals surface area contributed by atoms with Gasteiger partial charge in [0.2, 0.25) is 0 Å². The van der Waals surface area contributed by atoms with Crippen molar-refractivity contribution in [3.8, 4) is 0 Å². The summed E-state index contributed by atoms with van der Waals surface area (Å²) in [5, 5.41) is 1.64. The van der Waals surface area contributed by atoms with Gasteiger partial charge >= 0.3 is 0 Å². The standard InChI is InChI=1S/C10H16N2S/c11-10-12-8-2-6-1-7(3-8)5-9(4-6)13-10/h6-9H,1-5H2,(H2,11,12). The molecule has 3 heteroatoms. The van der Waals surface area contributed by atoms with Crippen LogP contribution in [-0.2, 0) is 0 Å². The Kier molecular flexibility index (Phi) is 1.82. The lowest BCUT2D eigenvalue weighted by atomic mass is 9.70. The predicted octanol–water partition coefficient (Wildman–Crippen LogP) is 2.00. The molecule has 2 atom stereocenters. The molecule has 0 spiro atoms. The maximum Gasteiger partial charge on any atom is 0.154 e. The maximum absolute atomic E-state index is 5.87. The number of nitrogens with zero attached hydrogens (tertiary/aromatic N) is 1. The Morgan fingerprint density at radius 2 is 1.77 bits per heavy atom. The summed E-state index contributed by atoms with van der Waals surface area (Å²) in [7, 11) is 0. The highest BCUT2D eigenvalue weighted by Crippen LogP contribution is 2.46. The molecule has 2 saturated carbocycles. The molecule has 2 fully saturated rings. The number of hydrogen-bond acceptors (Lipinski definition) is 3. The van der Waals surface area contributed by atoms with Crippen molar-refractivity contribution in [2.24, 2.45) is 22.6 Å². The van der Waals surface area contributed by atoms with E-state index < -0.39 is 0 Å². The molecule has 0 radical (unpaired) electrons. The van der Waals surface area contributed by atoms with Crippen LogP contribution in [0.4, 0.5) is 0 Å². The van der Waals surface area contributed by atoms with Crippen LogP contribution in [0.5, 0.6) is 0 Å². The van der Waals surface area contributed by atoms with Crippen LogP contribution in [0.15, 0.2) is 4.99 Å². The van der Waals surface area contributed by atoms with Crippen LogP contribution in [0.2, 0.25) is 0 Å². The molecule has 2 N–H and O–H groups in total. The highest BCUT2D eigenvalue weighted by atomic mass is 32.2. The second-order valence-electron chi connectivity index (χ2n) is 4.77. The molecule has 72 valence electrons. The zero-order valence-electron chi connectivity index (χ0n) is 7.78. The van der Waals surface area contributed by atoms with Crippen LogP contribution in [0.3, 0.4) is 0 Å². The van der Waals surface area contributed by atoms with Gasteiger partial charge in [0.05, 0.1) is 6.04 Å². The number of thioether (sulfide) groups is 1. The predicted molar refractivity (Wildman–Crippen MR) is 56.9 cm³/mol. The van der Waals surface area contributed by atoms with E-state index in [1.165, 1.54) is 32.1 Å². The van der Waals surface area contributed by atoms with Crippen molar-refractivity contribution in [1.82, 2.24) is 0 Å². The Balaban J connectivity index is 1.93. The van der Waals surface area contributed by atoms with Crippen molar-refractivity contribution < 1.29 is 0 Å². The van der Waals surface area contributed by atoms with Gasteiger partial charge in [-0.25, -0.2) is 0 Å². The van der Waals surface area contributed by atoms with Crippen LogP contribution < -0.4 is 5.73 Å². The van der Waals surface area contributed by atoms with E-state index in [0.29, 0.717) is 6.04 Å². The molecule has 0 aromatic heterocycles. The highest BCUT2D eigenvalue weighted by molar-refractivity contribution is 8.14. The summed E-state index contributed by atoms with van der Waals surface area (Å²) in [5.41, 5.74) is 5.87. The van der Waals surface area contributed by atoms with E-state index in [2.05, 4.69) is 4.99 Å². The van der Waals surface area contributed by atoms with Gasteiger partial charge in [-0.2, -0.15) is 0 Å². The Bertz CT molecular complexity index is 237. The SMILES string of the molecule is NC1=NC2CC3CC(C2)CC(C3)S1. The summed E-state index contributed by atoms with van der Waals surface area (Å²) in [4.78, 5) is 4.59. The van der Waals surface area contributed by atoms with E-state index in [0.717, 1.165) is 22.3 Å². The molecule has 4 rings (SSSR count). The second kappa shape index (κ2) is 2.91. The zero-order chi connectivity index (χ0) is 8.84. The Morgan fingerprint density at radius 3 is 2.46 bits per heavy atom. The van der Waals surface area contributed by atoms with Crippen LogP contribution in [0.1, 0.15) is 32.1 Å². The van der Waals surface area contributed by atoms with Gasteiger partial charge < -0.3 is 5.73 Å². The molecule has 0 aromatic carbocycles. The fourth-order valence-corrected chi connectivity index (χ4v) is 4.63. The number of amidine groups is 1. The van der Waals surface area contributed by atoms with Crippen molar-refractivity contribution >= 4 is 16.9 Å². The lowest BCUT2D eigenvalue weighted by Gasteiger charge is -2.42. The lowest BCUT2D eigenvalue weighted by Crippen LogP contribution is -2.38. The second-order valence-corrected chi connectivity index (χ2v) is 6.09. The molecule has 2 unspecified atom stereocenters. The van der Waals surface area contributed by atoms with Gasteiger partial charge in [-0.05, 0) is 43.9 Å². The van der Waals surface area contributed by atoms with Gasteiger partial charge in [0.1, 0.15) is 0 Å². The van der Waals surface area contributed by atoms with Crippen molar-refractivity contribution in [2.45, 2.75) is 43.4 Å². The molecule has 2 aliphatic heterocycles. The smallest absolute Gasteiger partial charge is 0.154 e. The minimum absolute atomic E-state index is 0.567. The van der Waals surface area contributed by atoms with Crippen molar-refractivity contribution in [3.63, 3.8) is 0 Å². The number of hydrogen-bond donors (Lipinski definition) is 1. The van der Waals surface area contributed by atoms with Gasteiger partial charge in [-0.15, -0.1) is 0 Å². The summed E-state index contributed by atoms with van der Waals surface area (Å²) in [5.74, 6) is 1.93. The van der Waals surface area contributed by atoms with Crippen LogP contribution in [0, 0.1) is 11.8 Å². The molecular weight excluding hydrogens is 180 g/mol. The van der Waals surface area contributed by atoms with E-state index >= 15 is 0 Å². The van der Waals surface area contributed by atoms with E-state index in [-0.39, 0.29) is 0 Å². The topological polar surface area (TPSA) is 38.4 Å². The number of aliphatic imine (C=N–C) groups is 1. The molecule has 0 amide bonds. The van der Waals surface area contributed by atoms with Crippen LogP contribution in [0.25, 0.3) is 0 Å². The van der Waals surface area contributed by atoms with E-state index in [9.17, 15) is 0 Å². The highest BCUT2D eigenvalue weighted by Gasteiger charge is 2.38. The van der Waals surface area contributed by atoms with E-state index in [4.69, 9.17) is 5.73 Å². The Morgan fingerprint density at radius 1 is 1.08 bits per heavy atom. The summed E-state index contributed by atoms with van der Waals surface area (Å²) in [6.07, 6.45) is 6.90. The number of nitrogens with two attached hydrogens (primary N) is 1. The van der Waals surface area contributed by atoms with Crippen molar-refractivity contribution in [1.29, 1.82) is 0 Å². The van der Waals surface area contributed by atoms with Gasteiger partial charge in [0.25, 0.3) is 0 Å². The monoisotopic (exact) mass is 196 g/mol. The number of fused-ring (bicyclic) bond motifs is 1. The lowest BCUT2D eigenvalue weighted by molar-refractivity contribution is 0.176. The molecule has 0 saturated heterocycles. The average molecular weight is 196 g/mol. The fraction of sp³-hybridized carbons (Fsp3) is 0.900. The number of rotatable bonds is 0. The Labute approximate surface area is 83.4 Å². The quantitative estimate of drug-likeness (QED) is 0.643. The molecule has 2 aliphatic carbocycles. The largest absolute Gasteiger partial charge is 0.379 e. The summed E-state index contributed by atoms with van der Waals surface area (Å²) >= 11 is 1.84. The van der Waals surface area contributed by atoms with Gasteiger partial charge in [-0.1, -0.05) is 11.8 Å². The third-order valence-electron chi connectivity index (χ3n) is 3.67. The molecular formula is C10H16N2S. The van der Waals surface area contributed by atoms with E-state index in [1.807, 2.05) is 11.8 Å². The van der Waals surface area contributed by atoms with Gasteiger partial charge in [0.15, 0.2) is 5.17 Å². The minimum atomic E-state index is 0.567. The third kappa shape index (κ3) is 1.47. The average Bonchev–Trinajstić information content (AvgIpc) is 1.99. The summed E-state index contributed by atoms with van der Waals surface area (Å²) < 4.78 is 0. The molecule has 13 heavy (non-hydrogen) atoms.